The first kappa shape index (κ1) is 24.1. The molecule has 0 N–H and O–H groups in total. The number of anilines is 1. The van der Waals surface area contributed by atoms with Crippen LogP contribution < -0.4 is 26.4 Å². The summed E-state index contributed by atoms with van der Waals surface area (Å²) >= 11 is 7.97. The van der Waals surface area contributed by atoms with Gasteiger partial charge in [0.25, 0.3) is 0 Å². The summed E-state index contributed by atoms with van der Waals surface area (Å²) < 4.78 is 13.3. The number of aromatic nitrogens is 1. The van der Waals surface area contributed by atoms with Crippen LogP contribution in [0, 0.1) is 0 Å². The zero-order valence-electron chi connectivity index (χ0n) is 17.7. The Morgan fingerprint density at radius 2 is 1.87 bits per heavy atom. The molecule has 1 aliphatic rings. The third-order valence-corrected chi connectivity index (χ3v) is 6.52. The number of halogens is 2. The molecule has 0 amide bonds. The van der Waals surface area contributed by atoms with Crippen LogP contribution in [0.3, 0.4) is 0 Å². The van der Waals surface area contributed by atoms with E-state index >= 15 is 0 Å². The van der Waals surface area contributed by atoms with Gasteiger partial charge in [-0.15, -0.1) is 0 Å². The molecule has 4 rings (SSSR count). The van der Waals surface area contributed by atoms with Crippen LogP contribution in [0.5, 0.6) is 0 Å². The molecule has 7 heteroatoms. The van der Waals surface area contributed by atoms with E-state index in [2.05, 4.69) is 65.2 Å². The van der Waals surface area contributed by atoms with E-state index in [0.717, 1.165) is 23.9 Å². The number of rotatable bonds is 8. The zero-order chi connectivity index (χ0) is 20.9. The van der Waals surface area contributed by atoms with Gasteiger partial charge in [-0.1, -0.05) is 35.5 Å². The number of hydrogen-bond acceptors (Lipinski definition) is 4. The molecule has 0 spiro atoms. The van der Waals surface area contributed by atoms with Crippen LogP contribution in [0.2, 0.25) is 5.02 Å². The highest BCUT2D eigenvalue weighted by atomic mass is 79.9. The Balaban J connectivity index is 0.00000272. The van der Waals surface area contributed by atoms with Gasteiger partial charge in [0.15, 0.2) is 12.7 Å². The largest absolute Gasteiger partial charge is 1.00 e. The number of ether oxygens (including phenoxy) is 2. The van der Waals surface area contributed by atoms with E-state index in [1.807, 2.05) is 19.1 Å². The van der Waals surface area contributed by atoms with Crippen molar-refractivity contribution < 1.29 is 31.0 Å². The number of pyridine rings is 1. The van der Waals surface area contributed by atoms with Gasteiger partial charge >= 0.3 is 0 Å². The van der Waals surface area contributed by atoms with E-state index < -0.39 is 0 Å². The Bertz CT molecular complexity index is 1080. The first-order chi connectivity index (χ1) is 14.7. The highest BCUT2D eigenvalue weighted by Crippen LogP contribution is 2.46. The lowest BCUT2D eigenvalue weighted by atomic mass is 10.1. The molecule has 1 aromatic heterocycles. The van der Waals surface area contributed by atoms with Gasteiger partial charge in [-0.05, 0) is 42.8 Å². The van der Waals surface area contributed by atoms with Crippen LogP contribution >= 0.6 is 23.4 Å². The van der Waals surface area contributed by atoms with Crippen LogP contribution in [0.1, 0.15) is 12.5 Å². The van der Waals surface area contributed by atoms with E-state index in [1.165, 1.54) is 26.4 Å². The summed E-state index contributed by atoms with van der Waals surface area (Å²) in [6.45, 7) is 5.47. The maximum atomic E-state index is 6.19. The fraction of sp³-hybridized carbons (Fsp3) is 0.292. The standard InChI is InChI=1S/C24H26ClN2O2S.BrH/c1-3-28-14-15-29-13-12-27-11-10-18(20-6-4-5-7-21(20)27)16-24-26(2)22-17-19(25)8-9-23(22)30-24;/h4-11,16-17H,3,12-15H2,1-2H3;1H/q+1;/p-1. The first-order valence-corrected chi connectivity index (χ1v) is 11.4. The summed E-state index contributed by atoms with van der Waals surface area (Å²) in [5.74, 6) is 0. The maximum Gasteiger partial charge on any atom is 0.213 e. The second kappa shape index (κ2) is 11.3. The summed E-state index contributed by atoms with van der Waals surface area (Å²) in [5, 5.41) is 3.18. The predicted octanol–water partition coefficient (Wildman–Crippen LogP) is 2.38. The highest BCUT2D eigenvalue weighted by Gasteiger charge is 2.23. The second-order valence-corrected chi connectivity index (χ2v) is 8.55. The van der Waals surface area contributed by atoms with E-state index in [4.69, 9.17) is 21.1 Å². The van der Waals surface area contributed by atoms with Gasteiger partial charge in [0, 0.05) is 35.7 Å². The van der Waals surface area contributed by atoms with Crippen molar-refractivity contribution in [1.29, 1.82) is 0 Å². The molecular formula is C24H26BrClN2O2S. The quantitative estimate of drug-likeness (QED) is 0.336. The van der Waals surface area contributed by atoms with Crippen LogP contribution in [-0.2, 0) is 16.0 Å². The monoisotopic (exact) mass is 520 g/mol. The van der Waals surface area contributed by atoms with Crippen molar-refractivity contribution in [3.63, 3.8) is 0 Å². The normalized spacial score (nSPS) is 14.2. The molecule has 31 heavy (non-hydrogen) atoms. The van der Waals surface area contributed by atoms with Gasteiger partial charge in [-0.2, -0.15) is 4.57 Å². The minimum atomic E-state index is 0. The van der Waals surface area contributed by atoms with Crippen LogP contribution in [0.4, 0.5) is 5.69 Å². The molecule has 0 saturated heterocycles. The van der Waals surface area contributed by atoms with Crippen LogP contribution in [-0.4, -0.2) is 33.5 Å². The van der Waals surface area contributed by atoms with Gasteiger partial charge in [-0.25, -0.2) is 0 Å². The van der Waals surface area contributed by atoms with E-state index in [0.29, 0.717) is 19.8 Å². The van der Waals surface area contributed by atoms with Crippen molar-refractivity contribution in [3.8, 4) is 0 Å². The van der Waals surface area contributed by atoms with Gasteiger partial charge in [0.2, 0.25) is 5.52 Å². The Labute approximate surface area is 203 Å². The van der Waals surface area contributed by atoms with Crippen molar-refractivity contribution in [2.75, 3.05) is 38.4 Å². The Kier molecular flexibility index (Phi) is 8.81. The lowest BCUT2D eigenvalue weighted by Crippen LogP contribution is -3.00. The third-order valence-electron chi connectivity index (χ3n) is 5.12. The second-order valence-electron chi connectivity index (χ2n) is 7.05. The fourth-order valence-corrected chi connectivity index (χ4v) is 4.80. The molecule has 1 aliphatic heterocycles. The molecule has 2 heterocycles. The molecular weight excluding hydrogens is 496 g/mol. The number of nitrogens with zero attached hydrogens (tertiary/aromatic N) is 2. The minimum Gasteiger partial charge on any atom is -1.00 e. The van der Waals surface area contributed by atoms with Crippen molar-refractivity contribution >= 4 is 46.0 Å². The molecule has 2 aromatic carbocycles. The molecule has 0 aliphatic carbocycles. The SMILES string of the molecule is CCOCCOCC[n+]1ccc(/C=C2/Sc3ccc(Cl)cc3N2C)c2ccccc21.[Br-]. The third kappa shape index (κ3) is 5.62. The smallest absolute Gasteiger partial charge is 0.213 e. The Morgan fingerprint density at radius 3 is 2.71 bits per heavy atom. The molecule has 0 radical (unpaired) electrons. The van der Waals surface area contributed by atoms with Crippen LogP contribution in [0.15, 0.2) is 64.7 Å². The molecule has 4 nitrogen and oxygen atoms in total. The summed E-state index contributed by atoms with van der Waals surface area (Å²) in [4.78, 5) is 3.43. The number of fused-ring (bicyclic) bond motifs is 2. The van der Waals surface area contributed by atoms with Gasteiger partial charge in [0.05, 0.1) is 29.3 Å². The topological polar surface area (TPSA) is 25.6 Å². The lowest BCUT2D eigenvalue weighted by Gasteiger charge is -2.14. The molecule has 0 bridgehead atoms. The van der Waals surface area contributed by atoms with Gasteiger partial charge < -0.3 is 31.4 Å². The van der Waals surface area contributed by atoms with Crippen molar-refractivity contribution in [1.82, 2.24) is 0 Å². The summed E-state index contributed by atoms with van der Waals surface area (Å²) in [7, 11) is 2.09. The first-order valence-electron chi connectivity index (χ1n) is 10.2. The van der Waals surface area contributed by atoms with Gasteiger partial charge in [0.1, 0.15) is 6.61 Å². The number of hydrogen-bond donors (Lipinski definition) is 0. The van der Waals surface area contributed by atoms with Crippen molar-refractivity contribution in [3.05, 3.63) is 70.3 Å². The average Bonchev–Trinajstić information content (AvgIpc) is 3.06. The molecule has 0 saturated carbocycles. The van der Waals surface area contributed by atoms with Crippen molar-refractivity contribution in [2.45, 2.75) is 18.4 Å². The average molecular weight is 522 g/mol. The molecule has 3 aromatic rings. The zero-order valence-corrected chi connectivity index (χ0v) is 20.8. The summed E-state index contributed by atoms with van der Waals surface area (Å²) in [6, 6.07) is 16.7. The molecule has 164 valence electrons. The Morgan fingerprint density at radius 1 is 1.06 bits per heavy atom. The fourth-order valence-electron chi connectivity index (χ4n) is 3.55. The van der Waals surface area contributed by atoms with E-state index in [1.54, 1.807) is 11.8 Å². The predicted molar refractivity (Wildman–Crippen MR) is 125 cm³/mol. The maximum absolute atomic E-state index is 6.19. The summed E-state index contributed by atoms with van der Waals surface area (Å²) in [5.41, 5.74) is 3.55. The molecule has 0 unspecified atom stereocenters. The highest BCUT2D eigenvalue weighted by molar-refractivity contribution is 8.03. The minimum absolute atomic E-state index is 0. The number of thioether (sulfide) groups is 1. The lowest BCUT2D eigenvalue weighted by molar-refractivity contribution is -0.673. The van der Waals surface area contributed by atoms with Crippen LogP contribution in [0.25, 0.3) is 17.0 Å². The van der Waals surface area contributed by atoms with Crippen molar-refractivity contribution in [2.24, 2.45) is 0 Å². The van der Waals surface area contributed by atoms with E-state index in [9.17, 15) is 0 Å². The van der Waals surface area contributed by atoms with E-state index in [-0.39, 0.29) is 17.0 Å². The summed E-state index contributed by atoms with van der Waals surface area (Å²) in [6.07, 6.45) is 4.40. The molecule has 0 atom stereocenters. The van der Waals surface area contributed by atoms with Gasteiger partial charge in [-0.3, -0.25) is 0 Å². The number of benzene rings is 2. The Hall–Kier alpha value is -1.57. The number of para-hydroxylation sites is 1. The molecule has 0 fully saturated rings.